The van der Waals surface area contributed by atoms with Crippen LogP contribution in [-0.4, -0.2) is 59.4 Å². The standard InChI is InChI=1S/C18H22N4O6S3/c1-9-13(15(25)27-3)30-17(19-9)21-11(23)5-7-29-8-6-12(24)22-18-20-10(2)14(31-18)16(26)28-4/h5-8H2,1-4H3,(H,19,21,23)(H,20,22,24). The van der Waals surface area contributed by atoms with Crippen molar-refractivity contribution in [1.82, 2.24) is 9.97 Å². The molecule has 0 saturated carbocycles. The Bertz CT molecular complexity index is 895. The van der Waals surface area contributed by atoms with E-state index in [1.54, 1.807) is 13.8 Å². The molecule has 0 saturated heterocycles. The molecule has 2 aromatic heterocycles. The van der Waals surface area contributed by atoms with Crippen LogP contribution in [0.1, 0.15) is 43.6 Å². The first-order chi connectivity index (χ1) is 14.7. The average molecular weight is 487 g/mol. The fourth-order valence-electron chi connectivity index (χ4n) is 2.26. The number of anilines is 2. The summed E-state index contributed by atoms with van der Waals surface area (Å²) in [5.41, 5.74) is 1.00. The molecule has 0 spiro atoms. The lowest BCUT2D eigenvalue weighted by Crippen LogP contribution is -2.13. The van der Waals surface area contributed by atoms with Gasteiger partial charge < -0.3 is 20.1 Å². The molecule has 0 atom stereocenters. The summed E-state index contributed by atoms with van der Waals surface area (Å²) in [7, 11) is 2.57. The van der Waals surface area contributed by atoms with E-state index in [-0.39, 0.29) is 24.7 Å². The first kappa shape index (κ1) is 24.8. The van der Waals surface area contributed by atoms with Gasteiger partial charge in [0.05, 0.1) is 25.6 Å². The number of nitrogens with one attached hydrogen (secondary N) is 2. The highest BCUT2D eigenvalue weighted by Gasteiger charge is 2.18. The molecule has 13 heteroatoms. The molecule has 10 nitrogen and oxygen atoms in total. The number of rotatable bonds is 10. The van der Waals surface area contributed by atoms with Crippen LogP contribution >= 0.6 is 34.4 Å². The van der Waals surface area contributed by atoms with E-state index in [1.165, 1.54) is 26.0 Å². The predicted octanol–water partition coefficient (Wildman–Crippen LogP) is 2.88. The number of esters is 2. The van der Waals surface area contributed by atoms with Gasteiger partial charge in [-0.3, -0.25) is 9.59 Å². The van der Waals surface area contributed by atoms with Crippen molar-refractivity contribution in [3.8, 4) is 0 Å². The number of aromatic nitrogens is 2. The quantitative estimate of drug-likeness (QED) is 0.383. The van der Waals surface area contributed by atoms with Crippen LogP contribution in [0, 0.1) is 13.8 Å². The van der Waals surface area contributed by atoms with Gasteiger partial charge in [-0.05, 0) is 13.8 Å². The summed E-state index contributed by atoms with van der Waals surface area (Å²) in [5.74, 6) is -0.379. The molecule has 0 aromatic carbocycles. The van der Waals surface area contributed by atoms with Crippen molar-refractivity contribution in [3.05, 3.63) is 21.1 Å². The molecule has 0 radical (unpaired) electrons. The minimum absolute atomic E-state index is 0.226. The van der Waals surface area contributed by atoms with Crippen LogP contribution in [0.3, 0.4) is 0 Å². The van der Waals surface area contributed by atoms with E-state index < -0.39 is 11.9 Å². The zero-order valence-corrected chi connectivity index (χ0v) is 19.8. The Morgan fingerprint density at radius 1 is 0.806 bits per heavy atom. The van der Waals surface area contributed by atoms with E-state index in [1.807, 2.05) is 0 Å². The third-order valence-corrected chi connectivity index (χ3v) is 6.87. The number of thiazole rings is 2. The Hall–Kier alpha value is -2.51. The van der Waals surface area contributed by atoms with Crippen LogP contribution in [-0.2, 0) is 19.1 Å². The number of ether oxygens (including phenoxy) is 2. The number of aryl methyl sites for hydroxylation is 2. The maximum Gasteiger partial charge on any atom is 0.350 e. The third kappa shape index (κ3) is 7.29. The highest BCUT2D eigenvalue weighted by molar-refractivity contribution is 7.99. The molecule has 0 aliphatic carbocycles. The Morgan fingerprint density at radius 2 is 1.19 bits per heavy atom. The fourth-order valence-corrected chi connectivity index (χ4v) is 4.92. The maximum absolute atomic E-state index is 12.0. The lowest BCUT2D eigenvalue weighted by molar-refractivity contribution is -0.116. The second-order valence-electron chi connectivity index (χ2n) is 6.06. The van der Waals surface area contributed by atoms with Crippen LogP contribution in [0.5, 0.6) is 0 Å². The number of hydrogen-bond acceptors (Lipinski definition) is 11. The summed E-state index contributed by atoms with van der Waals surface area (Å²) in [6.07, 6.45) is 0.485. The predicted molar refractivity (Wildman–Crippen MR) is 120 cm³/mol. The largest absolute Gasteiger partial charge is 0.465 e. The van der Waals surface area contributed by atoms with Gasteiger partial charge in [0, 0.05) is 24.3 Å². The molecule has 2 heterocycles. The van der Waals surface area contributed by atoms with Crippen molar-refractivity contribution in [2.45, 2.75) is 26.7 Å². The minimum atomic E-state index is -0.487. The van der Waals surface area contributed by atoms with Crippen molar-refractivity contribution >= 4 is 68.5 Å². The number of hydrogen-bond donors (Lipinski definition) is 2. The topological polar surface area (TPSA) is 137 Å². The van der Waals surface area contributed by atoms with Crippen molar-refractivity contribution in [2.24, 2.45) is 0 Å². The number of carbonyl (C=O) groups is 4. The summed E-state index contributed by atoms with van der Waals surface area (Å²) in [6, 6.07) is 0. The average Bonchev–Trinajstić information content (AvgIpc) is 3.28. The van der Waals surface area contributed by atoms with E-state index in [9.17, 15) is 19.2 Å². The van der Waals surface area contributed by atoms with E-state index >= 15 is 0 Å². The molecule has 0 aliphatic rings. The van der Waals surface area contributed by atoms with Gasteiger partial charge in [0.1, 0.15) is 9.75 Å². The highest BCUT2D eigenvalue weighted by atomic mass is 32.2. The lowest BCUT2D eigenvalue weighted by Gasteiger charge is -2.03. The normalized spacial score (nSPS) is 10.5. The summed E-state index contributed by atoms with van der Waals surface area (Å²) >= 11 is 3.59. The number of carbonyl (C=O) groups excluding carboxylic acids is 4. The number of methoxy groups -OCH3 is 2. The van der Waals surface area contributed by atoms with Crippen molar-refractivity contribution in [2.75, 3.05) is 36.4 Å². The second-order valence-corrected chi connectivity index (χ2v) is 9.28. The van der Waals surface area contributed by atoms with Crippen LogP contribution in [0.15, 0.2) is 0 Å². The Balaban J connectivity index is 1.67. The molecule has 168 valence electrons. The van der Waals surface area contributed by atoms with Gasteiger partial charge in [-0.2, -0.15) is 11.8 Å². The van der Waals surface area contributed by atoms with Crippen LogP contribution < -0.4 is 10.6 Å². The zero-order valence-electron chi connectivity index (χ0n) is 17.4. The van der Waals surface area contributed by atoms with Crippen LogP contribution in [0.4, 0.5) is 10.3 Å². The molecule has 2 amide bonds. The Morgan fingerprint density at radius 3 is 1.55 bits per heavy atom. The van der Waals surface area contributed by atoms with Gasteiger partial charge in [-0.1, -0.05) is 22.7 Å². The zero-order chi connectivity index (χ0) is 23.0. The SMILES string of the molecule is COC(=O)c1sc(NC(=O)CCSCCC(=O)Nc2nc(C)c(C(=O)OC)s2)nc1C. The molecule has 0 aliphatic heterocycles. The van der Waals surface area contributed by atoms with E-state index in [2.05, 4.69) is 30.1 Å². The van der Waals surface area contributed by atoms with Gasteiger partial charge in [-0.25, -0.2) is 19.6 Å². The smallest absolute Gasteiger partial charge is 0.350 e. The molecule has 2 N–H and O–H groups in total. The molecule has 0 fully saturated rings. The van der Waals surface area contributed by atoms with Crippen molar-refractivity contribution in [1.29, 1.82) is 0 Å². The van der Waals surface area contributed by atoms with Crippen LogP contribution in [0.25, 0.3) is 0 Å². The first-order valence-corrected chi connectivity index (χ1v) is 11.8. The second kappa shape index (κ2) is 11.8. The summed E-state index contributed by atoms with van der Waals surface area (Å²) in [5, 5.41) is 6.01. The molecule has 0 unspecified atom stereocenters. The van der Waals surface area contributed by atoms with E-state index in [4.69, 9.17) is 0 Å². The molecule has 2 rings (SSSR count). The van der Waals surface area contributed by atoms with E-state index in [0.29, 0.717) is 42.9 Å². The van der Waals surface area contributed by atoms with Gasteiger partial charge in [0.15, 0.2) is 10.3 Å². The van der Waals surface area contributed by atoms with Crippen LogP contribution in [0.2, 0.25) is 0 Å². The molecule has 2 aromatic rings. The summed E-state index contributed by atoms with van der Waals surface area (Å²) < 4.78 is 9.33. The van der Waals surface area contributed by atoms with Gasteiger partial charge in [0.25, 0.3) is 0 Å². The third-order valence-electron chi connectivity index (χ3n) is 3.77. The highest BCUT2D eigenvalue weighted by Crippen LogP contribution is 2.24. The number of nitrogens with zero attached hydrogens (tertiary/aromatic N) is 2. The Kier molecular flexibility index (Phi) is 9.40. The van der Waals surface area contributed by atoms with E-state index in [0.717, 1.165) is 22.7 Å². The molecule has 0 bridgehead atoms. The van der Waals surface area contributed by atoms with Gasteiger partial charge >= 0.3 is 11.9 Å². The van der Waals surface area contributed by atoms with Gasteiger partial charge in [0.2, 0.25) is 11.8 Å². The summed E-state index contributed by atoms with van der Waals surface area (Å²) in [6.45, 7) is 3.34. The summed E-state index contributed by atoms with van der Waals surface area (Å²) in [4.78, 5) is 56.2. The van der Waals surface area contributed by atoms with Crippen molar-refractivity contribution in [3.63, 3.8) is 0 Å². The van der Waals surface area contributed by atoms with Gasteiger partial charge in [-0.15, -0.1) is 0 Å². The monoisotopic (exact) mass is 486 g/mol. The van der Waals surface area contributed by atoms with Crippen molar-refractivity contribution < 1.29 is 28.7 Å². The molecular weight excluding hydrogens is 464 g/mol. The first-order valence-electron chi connectivity index (χ1n) is 9.04. The Labute approximate surface area is 191 Å². The fraction of sp³-hybridized carbons (Fsp3) is 0.444. The lowest BCUT2D eigenvalue weighted by atomic mass is 10.4. The maximum atomic E-state index is 12.0. The molecule has 31 heavy (non-hydrogen) atoms. The molecular formula is C18H22N4O6S3. The minimum Gasteiger partial charge on any atom is -0.465 e. The number of amides is 2. The number of thioether (sulfide) groups is 1.